The zero-order chi connectivity index (χ0) is 13.1. The lowest BCUT2D eigenvalue weighted by Gasteiger charge is -2.18. The molecule has 0 aliphatic heterocycles. The van der Waals surface area contributed by atoms with Crippen LogP contribution in [0.5, 0.6) is 0 Å². The first-order valence-corrected chi connectivity index (χ1v) is 8.53. The number of thiophene rings is 1. The summed E-state index contributed by atoms with van der Waals surface area (Å²) in [5.74, 6) is 0. The molecule has 0 aliphatic rings. The SMILES string of the molecule is Cc1sccc1P(c1ccccc1)c1ccccc1. The van der Waals surface area contributed by atoms with Gasteiger partial charge in [-0.15, -0.1) is 11.3 Å². The molecule has 0 nitrogen and oxygen atoms in total. The van der Waals surface area contributed by atoms with Gasteiger partial charge in [-0.3, -0.25) is 0 Å². The molecule has 1 heterocycles. The lowest BCUT2D eigenvalue weighted by Crippen LogP contribution is -2.20. The number of rotatable bonds is 3. The zero-order valence-electron chi connectivity index (χ0n) is 10.8. The molecule has 0 saturated carbocycles. The van der Waals surface area contributed by atoms with E-state index in [1.54, 1.807) is 0 Å². The zero-order valence-corrected chi connectivity index (χ0v) is 12.5. The summed E-state index contributed by atoms with van der Waals surface area (Å²) in [4.78, 5) is 1.43. The van der Waals surface area contributed by atoms with Crippen molar-refractivity contribution < 1.29 is 0 Å². The predicted molar refractivity (Wildman–Crippen MR) is 87.8 cm³/mol. The molecule has 0 unspecified atom stereocenters. The molecule has 0 N–H and O–H groups in total. The van der Waals surface area contributed by atoms with Crippen LogP contribution < -0.4 is 15.9 Å². The van der Waals surface area contributed by atoms with E-state index in [0.29, 0.717) is 0 Å². The quantitative estimate of drug-likeness (QED) is 0.641. The molecule has 0 spiro atoms. The number of hydrogen-bond acceptors (Lipinski definition) is 1. The highest BCUT2D eigenvalue weighted by molar-refractivity contribution is 7.80. The summed E-state index contributed by atoms with van der Waals surface area (Å²) in [6.45, 7) is 2.22. The second-order valence-electron chi connectivity index (χ2n) is 4.37. The fourth-order valence-electron chi connectivity index (χ4n) is 2.19. The normalized spacial score (nSPS) is 10.8. The van der Waals surface area contributed by atoms with Crippen molar-refractivity contribution in [2.75, 3.05) is 0 Å². The van der Waals surface area contributed by atoms with Gasteiger partial charge in [0.05, 0.1) is 0 Å². The topological polar surface area (TPSA) is 0 Å². The minimum absolute atomic E-state index is 0.419. The second kappa shape index (κ2) is 5.69. The van der Waals surface area contributed by atoms with Crippen LogP contribution in [-0.4, -0.2) is 0 Å². The Hall–Kier alpha value is -1.43. The number of benzene rings is 2. The maximum absolute atomic E-state index is 2.28. The summed E-state index contributed by atoms with van der Waals surface area (Å²) in [6, 6.07) is 24.0. The van der Waals surface area contributed by atoms with Crippen LogP contribution in [0.25, 0.3) is 0 Å². The third-order valence-electron chi connectivity index (χ3n) is 3.10. The van der Waals surface area contributed by atoms with E-state index in [2.05, 4.69) is 79.0 Å². The molecular weight excluding hydrogens is 267 g/mol. The Morgan fingerprint density at radius 1 is 0.737 bits per heavy atom. The average Bonchev–Trinajstić information content (AvgIpc) is 2.88. The second-order valence-corrected chi connectivity index (χ2v) is 7.67. The van der Waals surface area contributed by atoms with Crippen LogP contribution >= 0.6 is 19.3 Å². The van der Waals surface area contributed by atoms with Gasteiger partial charge < -0.3 is 0 Å². The maximum atomic E-state index is 2.28. The molecule has 0 aliphatic carbocycles. The molecule has 0 bridgehead atoms. The van der Waals surface area contributed by atoms with Gasteiger partial charge in [-0.25, -0.2) is 0 Å². The van der Waals surface area contributed by atoms with Crippen LogP contribution in [0.15, 0.2) is 72.1 Å². The fourth-order valence-corrected chi connectivity index (χ4v) is 5.66. The van der Waals surface area contributed by atoms with E-state index < -0.39 is 7.92 Å². The minimum atomic E-state index is -0.419. The van der Waals surface area contributed by atoms with Gasteiger partial charge in [0.15, 0.2) is 0 Å². The molecule has 1 aromatic heterocycles. The Bertz CT molecular complexity index is 604. The van der Waals surface area contributed by atoms with Crippen LogP contribution in [0.2, 0.25) is 0 Å². The van der Waals surface area contributed by atoms with Gasteiger partial charge in [0, 0.05) is 4.88 Å². The first kappa shape index (κ1) is 12.6. The summed E-state index contributed by atoms with van der Waals surface area (Å²) in [7, 11) is -0.419. The van der Waals surface area contributed by atoms with Gasteiger partial charge in [0.2, 0.25) is 0 Å². The van der Waals surface area contributed by atoms with Gasteiger partial charge in [-0.1, -0.05) is 60.7 Å². The molecule has 19 heavy (non-hydrogen) atoms. The third kappa shape index (κ3) is 2.63. The summed E-state index contributed by atoms with van der Waals surface area (Å²) >= 11 is 1.84. The molecule has 94 valence electrons. The molecule has 3 aromatic rings. The van der Waals surface area contributed by atoms with Gasteiger partial charge >= 0.3 is 0 Å². The molecule has 0 fully saturated rings. The molecule has 3 rings (SSSR count). The third-order valence-corrected chi connectivity index (χ3v) is 6.69. The van der Waals surface area contributed by atoms with Crippen molar-refractivity contribution in [3.63, 3.8) is 0 Å². The minimum Gasteiger partial charge on any atom is -0.149 e. The van der Waals surface area contributed by atoms with Gasteiger partial charge in [0.1, 0.15) is 0 Å². The van der Waals surface area contributed by atoms with Crippen molar-refractivity contribution in [2.24, 2.45) is 0 Å². The molecule has 0 radical (unpaired) electrons. The monoisotopic (exact) mass is 282 g/mol. The van der Waals surface area contributed by atoms with Gasteiger partial charge in [-0.2, -0.15) is 0 Å². The van der Waals surface area contributed by atoms with E-state index in [-0.39, 0.29) is 0 Å². The Morgan fingerprint density at radius 2 is 1.26 bits per heavy atom. The first-order valence-electron chi connectivity index (χ1n) is 6.30. The lowest BCUT2D eigenvalue weighted by atomic mass is 10.4. The van der Waals surface area contributed by atoms with Crippen molar-refractivity contribution >= 4 is 35.2 Å². The number of hydrogen-bond donors (Lipinski definition) is 0. The highest BCUT2D eigenvalue weighted by Gasteiger charge is 2.18. The van der Waals surface area contributed by atoms with Crippen LogP contribution in [0, 0.1) is 6.92 Å². The predicted octanol–water partition coefficient (Wildman–Crippen LogP) is 3.81. The van der Waals surface area contributed by atoms with E-state index in [1.807, 2.05) is 11.3 Å². The van der Waals surface area contributed by atoms with Gasteiger partial charge in [0.25, 0.3) is 0 Å². The standard InChI is InChI=1S/C17H15PS/c1-14-17(12-13-19-14)18(15-8-4-2-5-9-15)16-10-6-3-7-11-16/h2-13H,1H3. The van der Waals surface area contributed by atoms with E-state index >= 15 is 0 Å². The van der Waals surface area contributed by atoms with Crippen molar-refractivity contribution in [2.45, 2.75) is 6.92 Å². The smallest absolute Gasteiger partial charge is 0.00976 e. The Morgan fingerprint density at radius 3 is 1.68 bits per heavy atom. The van der Waals surface area contributed by atoms with Crippen LogP contribution in [0.3, 0.4) is 0 Å². The van der Waals surface area contributed by atoms with E-state index in [0.717, 1.165) is 0 Å². The molecule has 2 heteroatoms. The Kier molecular flexibility index (Phi) is 3.77. The molecule has 0 atom stereocenters. The maximum Gasteiger partial charge on any atom is 0.00976 e. The van der Waals surface area contributed by atoms with Gasteiger partial charge in [-0.05, 0) is 42.2 Å². The molecule has 2 aromatic carbocycles. The Labute approximate surface area is 119 Å². The summed E-state index contributed by atoms with van der Waals surface area (Å²) in [5, 5.41) is 6.53. The summed E-state index contributed by atoms with van der Waals surface area (Å²) < 4.78 is 0. The van der Waals surface area contributed by atoms with Crippen LogP contribution in [0.1, 0.15) is 4.88 Å². The lowest BCUT2D eigenvalue weighted by molar-refractivity contribution is 1.68. The Balaban J connectivity index is 2.15. The van der Waals surface area contributed by atoms with Crippen LogP contribution in [-0.2, 0) is 0 Å². The van der Waals surface area contributed by atoms with Crippen molar-refractivity contribution in [3.05, 3.63) is 77.0 Å². The molecule has 0 saturated heterocycles. The van der Waals surface area contributed by atoms with Crippen molar-refractivity contribution in [1.82, 2.24) is 0 Å². The number of aryl methyl sites for hydroxylation is 1. The largest absolute Gasteiger partial charge is 0.149 e. The highest BCUT2D eigenvalue weighted by atomic mass is 32.1. The van der Waals surface area contributed by atoms with Crippen LogP contribution in [0.4, 0.5) is 0 Å². The van der Waals surface area contributed by atoms with Crippen molar-refractivity contribution in [3.8, 4) is 0 Å². The van der Waals surface area contributed by atoms with E-state index in [9.17, 15) is 0 Å². The van der Waals surface area contributed by atoms with Crippen molar-refractivity contribution in [1.29, 1.82) is 0 Å². The molecule has 0 amide bonds. The summed E-state index contributed by atoms with van der Waals surface area (Å²) in [6.07, 6.45) is 0. The van der Waals surface area contributed by atoms with E-state index in [4.69, 9.17) is 0 Å². The highest BCUT2D eigenvalue weighted by Crippen LogP contribution is 2.35. The first-order chi connectivity index (χ1) is 9.36. The molecular formula is C17H15PS. The fraction of sp³-hybridized carbons (Fsp3) is 0.0588. The van der Waals surface area contributed by atoms with E-state index in [1.165, 1.54) is 20.8 Å². The average molecular weight is 282 g/mol. The summed E-state index contributed by atoms with van der Waals surface area (Å²) in [5.41, 5.74) is 0.